The number of carbonyl (C=O) groups excluding carboxylic acids is 1. The minimum atomic E-state index is -0.309. The van der Waals surface area contributed by atoms with E-state index >= 15 is 0 Å². The Morgan fingerprint density at radius 1 is 1.11 bits per heavy atom. The molecule has 0 spiro atoms. The Balaban J connectivity index is 1.49. The van der Waals surface area contributed by atoms with Gasteiger partial charge in [-0.1, -0.05) is 18.2 Å². The molecule has 146 valence electrons. The Bertz CT molecular complexity index is 918. The van der Waals surface area contributed by atoms with Crippen molar-refractivity contribution < 1.29 is 18.7 Å². The molecule has 1 N–H and O–H groups in total. The molecule has 4 rings (SSSR count). The maximum Gasteiger partial charge on any atom is 0.251 e. The van der Waals surface area contributed by atoms with Crippen molar-refractivity contribution in [3.63, 3.8) is 0 Å². The molecule has 0 aromatic heterocycles. The third-order valence-corrected chi connectivity index (χ3v) is 5.13. The van der Waals surface area contributed by atoms with Crippen LogP contribution >= 0.6 is 0 Å². The summed E-state index contributed by atoms with van der Waals surface area (Å²) in [4.78, 5) is 14.6. The minimum absolute atomic E-state index is 0.0118. The summed E-state index contributed by atoms with van der Waals surface area (Å²) < 4.78 is 24.1. The number of methoxy groups -OCH3 is 2. The number of nitrogens with one attached hydrogen (secondary N) is 1. The van der Waals surface area contributed by atoms with Crippen LogP contribution in [0.3, 0.4) is 0 Å². The van der Waals surface area contributed by atoms with Crippen LogP contribution < -0.4 is 14.9 Å². The predicted octanol–water partition coefficient (Wildman–Crippen LogP) is 2.98. The summed E-state index contributed by atoms with van der Waals surface area (Å²) in [6.07, 6.45) is 4.21. The van der Waals surface area contributed by atoms with Gasteiger partial charge in [-0.2, -0.15) is 0 Å². The third-order valence-electron chi connectivity index (χ3n) is 5.13. The lowest BCUT2D eigenvalue weighted by Crippen LogP contribution is -2.47. The summed E-state index contributed by atoms with van der Waals surface area (Å²) in [6, 6.07) is 11.7. The Morgan fingerprint density at radius 2 is 1.93 bits per heavy atom. The topological polar surface area (TPSA) is 54.0 Å². The number of hydrogen-bond donors (Lipinski definition) is 1. The lowest BCUT2D eigenvalue weighted by molar-refractivity contribution is -0.134. The molecule has 6 nitrogen and oxygen atoms in total. The molecule has 1 fully saturated rings. The molecule has 2 aliphatic heterocycles. The van der Waals surface area contributed by atoms with E-state index in [2.05, 4.69) is 5.43 Å². The predicted molar refractivity (Wildman–Crippen MR) is 102 cm³/mol. The number of ether oxygens (including phenoxy) is 2. The molecule has 2 aromatic carbocycles. The Hall–Kier alpha value is -3.06. The number of hydrogen-bond acceptors (Lipinski definition) is 5. The van der Waals surface area contributed by atoms with Gasteiger partial charge in [-0.25, -0.2) is 9.82 Å². The van der Waals surface area contributed by atoms with Gasteiger partial charge in [0.25, 0.3) is 5.91 Å². The van der Waals surface area contributed by atoms with Crippen molar-refractivity contribution in [2.75, 3.05) is 14.2 Å². The number of rotatable bonds is 5. The summed E-state index contributed by atoms with van der Waals surface area (Å²) in [6.45, 7) is 0.346. The van der Waals surface area contributed by atoms with Gasteiger partial charge < -0.3 is 19.4 Å². The second kappa shape index (κ2) is 7.52. The largest absolute Gasteiger partial charge is 0.493 e. The van der Waals surface area contributed by atoms with E-state index in [0.29, 0.717) is 24.5 Å². The SMILES string of the molecule is COc1ccc(C2CC3C(=O)N(Cc4cccc(F)c4)C=CN3N2)cc1OC. The lowest BCUT2D eigenvalue weighted by atomic mass is 10.00. The van der Waals surface area contributed by atoms with Crippen molar-refractivity contribution in [3.8, 4) is 11.5 Å². The number of nitrogens with zero attached hydrogens (tertiary/aromatic N) is 2. The molecule has 1 saturated heterocycles. The van der Waals surface area contributed by atoms with E-state index in [0.717, 1.165) is 11.1 Å². The van der Waals surface area contributed by atoms with Gasteiger partial charge in [0.05, 0.1) is 26.8 Å². The van der Waals surface area contributed by atoms with Crippen molar-refractivity contribution in [3.05, 3.63) is 71.8 Å². The zero-order chi connectivity index (χ0) is 19.7. The van der Waals surface area contributed by atoms with Crippen LogP contribution in [0.25, 0.3) is 0 Å². The average Bonchev–Trinajstić information content (AvgIpc) is 3.15. The first-order chi connectivity index (χ1) is 13.6. The van der Waals surface area contributed by atoms with Crippen LogP contribution in [0.1, 0.15) is 23.6 Å². The zero-order valence-corrected chi connectivity index (χ0v) is 15.8. The van der Waals surface area contributed by atoms with Crippen LogP contribution in [0.15, 0.2) is 54.9 Å². The standard InChI is InChI=1S/C21H22FN3O3/c1-27-19-7-6-15(11-20(19)28-2)17-12-18-21(26)24(8-9-25(18)23-17)13-14-4-3-5-16(22)10-14/h3-11,17-18,23H,12-13H2,1-2H3. The van der Waals surface area contributed by atoms with Gasteiger partial charge in [0.15, 0.2) is 11.5 Å². The monoisotopic (exact) mass is 383 g/mol. The molecule has 2 aliphatic rings. The molecular weight excluding hydrogens is 361 g/mol. The Kier molecular flexibility index (Phi) is 4.92. The molecule has 0 aliphatic carbocycles. The van der Waals surface area contributed by atoms with Crippen LogP contribution in [0.4, 0.5) is 4.39 Å². The second-order valence-corrected chi connectivity index (χ2v) is 6.85. The number of amides is 1. The molecular formula is C21H22FN3O3. The summed E-state index contributed by atoms with van der Waals surface area (Å²) in [5, 5.41) is 1.84. The van der Waals surface area contributed by atoms with Crippen molar-refractivity contribution in [2.45, 2.75) is 25.0 Å². The maximum atomic E-state index is 13.4. The molecule has 2 heterocycles. The van der Waals surface area contributed by atoms with Crippen molar-refractivity contribution in [2.24, 2.45) is 0 Å². The molecule has 0 radical (unpaired) electrons. The molecule has 28 heavy (non-hydrogen) atoms. The molecule has 2 aromatic rings. The maximum absolute atomic E-state index is 13.4. The molecule has 2 atom stereocenters. The van der Waals surface area contributed by atoms with Crippen LogP contribution in [-0.4, -0.2) is 36.1 Å². The summed E-state index contributed by atoms with van der Waals surface area (Å²) in [7, 11) is 3.20. The highest BCUT2D eigenvalue weighted by atomic mass is 19.1. The first-order valence-corrected chi connectivity index (χ1v) is 9.08. The normalized spacial score (nSPS) is 21.0. The van der Waals surface area contributed by atoms with Gasteiger partial charge in [-0.3, -0.25) is 4.79 Å². The van der Waals surface area contributed by atoms with E-state index in [-0.39, 0.29) is 23.8 Å². The van der Waals surface area contributed by atoms with Crippen molar-refractivity contribution in [1.82, 2.24) is 15.3 Å². The van der Waals surface area contributed by atoms with Crippen LogP contribution in [-0.2, 0) is 11.3 Å². The van der Waals surface area contributed by atoms with Crippen molar-refractivity contribution in [1.29, 1.82) is 0 Å². The second-order valence-electron chi connectivity index (χ2n) is 6.85. The average molecular weight is 383 g/mol. The molecule has 2 unspecified atom stereocenters. The first kappa shape index (κ1) is 18.3. The fourth-order valence-corrected chi connectivity index (χ4v) is 3.69. The van der Waals surface area contributed by atoms with Gasteiger partial charge in [0, 0.05) is 12.4 Å². The third kappa shape index (κ3) is 3.41. The molecule has 7 heteroatoms. The van der Waals surface area contributed by atoms with Gasteiger partial charge in [0.1, 0.15) is 11.9 Å². The van der Waals surface area contributed by atoms with E-state index < -0.39 is 0 Å². The summed E-state index contributed by atoms with van der Waals surface area (Å²) in [5.41, 5.74) is 5.14. The number of halogens is 1. The fourth-order valence-electron chi connectivity index (χ4n) is 3.69. The Morgan fingerprint density at radius 3 is 2.68 bits per heavy atom. The fraction of sp³-hybridized carbons (Fsp3) is 0.286. The van der Waals surface area contributed by atoms with E-state index in [4.69, 9.17) is 9.47 Å². The van der Waals surface area contributed by atoms with E-state index in [1.165, 1.54) is 12.1 Å². The van der Waals surface area contributed by atoms with Crippen LogP contribution in [0, 0.1) is 5.82 Å². The highest BCUT2D eigenvalue weighted by Crippen LogP contribution is 2.35. The number of fused-ring (bicyclic) bond motifs is 1. The van der Waals surface area contributed by atoms with Gasteiger partial charge in [-0.15, -0.1) is 0 Å². The zero-order valence-electron chi connectivity index (χ0n) is 15.8. The highest BCUT2D eigenvalue weighted by molar-refractivity contribution is 5.84. The number of hydrazine groups is 1. The van der Waals surface area contributed by atoms with E-state index in [9.17, 15) is 9.18 Å². The van der Waals surface area contributed by atoms with Crippen molar-refractivity contribution >= 4 is 5.91 Å². The van der Waals surface area contributed by atoms with Crippen LogP contribution in [0.2, 0.25) is 0 Å². The van der Waals surface area contributed by atoms with Gasteiger partial charge in [0.2, 0.25) is 0 Å². The Labute approximate surface area is 163 Å². The first-order valence-electron chi connectivity index (χ1n) is 9.08. The molecule has 1 amide bonds. The lowest BCUT2D eigenvalue weighted by Gasteiger charge is -2.31. The van der Waals surface area contributed by atoms with Gasteiger partial charge >= 0.3 is 0 Å². The summed E-state index contributed by atoms with van der Waals surface area (Å²) >= 11 is 0. The molecule has 0 saturated carbocycles. The smallest absolute Gasteiger partial charge is 0.251 e. The summed E-state index contributed by atoms with van der Waals surface area (Å²) in [5.74, 6) is 1.01. The molecule has 0 bridgehead atoms. The number of benzene rings is 2. The quantitative estimate of drug-likeness (QED) is 0.860. The number of carbonyl (C=O) groups is 1. The van der Waals surface area contributed by atoms with E-state index in [1.54, 1.807) is 31.4 Å². The minimum Gasteiger partial charge on any atom is -0.493 e. The highest BCUT2D eigenvalue weighted by Gasteiger charge is 2.40. The van der Waals surface area contributed by atoms with Crippen LogP contribution in [0.5, 0.6) is 11.5 Å². The van der Waals surface area contributed by atoms with E-state index in [1.807, 2.05) is 35.5 Å². The van der Waals surface area contributed by atoms with Gasteiger partial charge in [-0.05, 0) is 41.8 Å².